The molecule has 0 bridgehead atoms. The van der Waals surface area contributed by atoms with Crippen LogP contribution in [0.15, 0.2) is 42.5 Å². The summed E-state index contributed by atoms with van der Waals surface area (Å²) in [6.45, 7) is 6.06. The quantitative estimate of drug-likeness (QED) is 0.643. The number of benzene rings is 2. The number of hydrogen-bond acceptors (Lipinski definition) is 5. The maximum Gasteiger partial charge on any atom is 0.207 e. The van der Waals surface area contributed by atoms with E-state index in [9.17, 15) is 4.79 Å². The summed E-state index contributed by atoms with van der Waals surface area (Å²) in [6.07, 6.45) is 0.964. The van der Waals surface area contributed by atoms with Crippen LogP contribution < -0.4 is 11.1 Å². The Kier molecular flexibility index (Phi) is 4.86. The zero-order valence-electron chi connectivity index (χ0n) is 14.6. The van der Waals surface area contributed by atoms with Crippen LogP contribution in [0.3, 0.4) is 0 Å². The second-order valence-corrected chi connectivity index (χ2v) is 7.06. The highest BCUT2D eigenvalue weighted by molar-refractivity contribution is 7.18. The number of aromatic nitrogens is 1. The molecule has 0 aliphatic heterocycles. The molecule has 0 unspecified atom stereocenters. The van der Waals surface area contributed by atoms with Crippen LogP contribution in [0, 0.1) is 13.8 Å². The van der Waals surface area contributed by atoms with E-state index in [4.69, 9.17) is 5.73 Å². The van der Waals surface area contributed by atoms with Crippen molar-refractivity contribution in [3.05, 3.63) is 69.6 Å². The molecule has 0 spiro atoms. The van der Waals surface area contributed by atoms with Gasteiger partial charge in [-0.2, -0.15) is 0 Å². The number of hydrogen-bond donors (Lipinski definition) is 2. The van der Waals surface area contributed by atoms with Gasteiger partial charge in [0.15, 0.2) is 5.13 Å². The second-order valence-electron chi connectivity index (χ2n) is 6.06. The SMILES string of the molecule is CCc1cccc(Nc2nc(N)c(C(=O)c3ccc(C)cc3C)s2)c1. The minimum absolute atomic E-state index is 0.0807. The third-order valence-corrected chi connectivity index (χ3v) is 5.06. The molecule has 25 heavy (non-hydrogen) atoms. The number of nitrogens with two attached hydrogens (primary N) is 1. The Bertz CT molecular complexity index is 930. The van der Waals surface area contributed by atoms with Crippen molar-refractivity contribution in [2.45, 2.75) is 27.2 Å². The standard InChI is InChI=1S/C20H21N3OS/c1-4-14-6-5-7-15(11-14)22-20-23-19(21)18(25-20)17(24)16-9-8-12(2)10-13(16)3/h5-11H,4,21H2,1-3H3,(H,22,23). The van der Waals surface area contributed by atoms with Gasteiger partial charge in [-0.15, -0.1) is 0 Å². The van der Waals surface area contributed by atoms with Crippen molar-refractivity contribution in [3.8, 4) is 0 Å². The van der Waals surface area contributed by atoms with Gasteiger partial charge in [-0.3, -0.25) is 4.79 Å². The molecule has 3 rings (SSSR count). The predicted molar refractivity (Wildman–Crippen MR) is 105 cm³/mol. The van der Waals surface area contributed by atoms with E-state index in [0.29, 0.717) is 15.6 Å². The zero-order chi connectivity index (χ0) is 18.0. The van der Waals surface area contributed by atoms with Crippen LogP contribution >= 0.6 is 11.3 Å². The first-order valence-corrected chi connectivity index (χ1v) is 9.03. The number of rotatable bonds is 5. The van der Waals surface area contributed by atoms with Crippen LogP contribution in [0.1, 0.15) is 38.8 Å². The fourth-order valence-corrected chi connectivity index (χ4v) is 3.59. The Morgan fingerprint density at radius 2 is 2.00 bits per heavy atom. The lowest BCUT2D eigenvalue weighted by Gasteiger charge is -2.05. The van der Waals surface area contributed by atoms with E-state index in [1.54, 1.807) is 0 Å². The first kappa shape index (κ1) is 17.2. The maximum absolute atomic E-state index is 12.8. The van der Waals surface area contributed by atoms with Gasteiger partial charge < -0.3 is 11.1 Å². The molecule has 0 atom stereocenters. The molecule has 2 aromatic carbocycles. The van der Waals surface area contributed by atoms with Crippen LogP contribution in [0.5, 0.6) is 0 Å². The summed E-state index contributed by atoms with van der Waals surface area (Å²) in [5.41, 5.74) is 10.9. The molecule has 0 saturated heterocycles. The van der Waals surface area contributed by atoms with Gasteiger partial charge in [0.25, 0.3) is 0 Å². The predicted octanol–water partition coefficient (Wildman–Crippen LogP) is 4.88. The van der Waals surface area contributed by atoms with Gasteiger partial charge in [-0.1, -0.05) is 54.2 Å². The number of nitrogen functional groups attached to an aromatic ring is 1. The summed E-state index contributed by atoms with van der Waals surface area (Å²) < 4.78 is 0. The van der Waals surface area contributed by atoms with Crippen LogP contribution in [-0.2, 0) is 6.42 Å². The molecule has 4 nitrogen and oxygen atoms in total. The maximum atomic E-state index is 12.8. The van der Waals surface area contributed by atoms with E-state index < -0.39 is 0 Å². The van der Waals surface area contributed by atoms with Gasteiger partial charge in [0, 0.05) is 11.3 Å². The molecular weight excluding hydrogens is 330 g/mol. The van der Waals surface area contributed by atoms with Gasteiger partial charge >= 0.3 is 0 Å². The van der Waals surface area contributed by atoms with Crippen molar-refractivity contribution in [2.75, 3.05) is 11.1 Å². The summed E-state index contributed by atoms with van der Waals surface area (Å²) in [4.78, 5) is 17.6. The molecule has 1 aromatic heterocycles. The summed E-state index contributed by atoms with van der Waals surface area (Å²) in [7, 11) is 0. The third kappa shape index (κ3) is 3.72. The smallest absolute Gasteiger partial charge is 0.207 e. The normalized spacial score (nSPS) is 10.7. The van der Waals surface area contributed by atoms with Gasteiger partial charge in [0.2, 0.25) is 5.78 Å². The Labute approximate surface area is 151 Å². The van der Waals surface area contributed by atoms with Crippen LogP contribution in [-0.4, -0.2) is 10.8 Å². The van der Waals surface area contributed by atoms with Crippen LogP contribution in [0.25, 0.3) is 0 Å². The van der Waals surface area contributed by atoms with Crippen LogP contribution in [0.4, 0.5) is 16.6 Å². The van der Waals surface area contributed by atoms with Gasteiger partial charge in [0.05, 0.1) is 0 Å². The number of nitrogens with one attached hydrogen (secondary N) is 1. The lowest BCUT2D eigenvalue weighted by Crippen LogP contribution is -2.04. The summed E-state index contributed by atoms with van der Waals surface area (Å²) >= 11 is 1.29. The highest BCUT2D eigenvalue weighted by atomic mass is 32.1. The molecule has 0 aliphatic rings. The molecule has 0 fully saturated rings. The lowest BCUT2D eigenvalue weighted by molar-refractivity contribution is 0.104. The number of carbonyl (C=O) groups excluding carboxylic acids is 1. The van der Waals surface area contributed by atoms with Crippen LogP contribution in [0.2, 0.25) is 0 Å². The number of carbonyl (C=O) groups is 1. The number of ketones is 1. The van der Waals surface area contributed by atoms with E-state index in [-0.39, 0.29) is 11.6 Å². The number of nitrogens with zero attached hydrogens (tertiary/aromatic N) is 1. The molecule has 0 aliphatic carbocycles. The molecule has 128 valence electrons. The minimum Gasteiger partial charge on any atom is -0.382 e. The van der Waals surface area contributed by atoms with Gasteiger partial charge in [0.1, 0.15) is 10.7 Å². The number of thiazole rings is 1. The first-order chi connectivity index (χ1) is 12.0. The summed E-state index contributed by atoms with van der Waals surface area (Å²) in [5.74, 6) is 0.187. The number of aryl methyl sites for hydroxylation is 3. The highest BCUT2D eigenvalue weighted by Gasteiger charge is 2.19. The molecule has 0 saturated carbocycles. The second kappa shape index (κ2) is 7.07. The van der Waals surface area contributed by atoms with Crippen molar-refractivity contribution in [2.24, 2.45) is 0 Å². The molecule has 3 aromatic rings. The molecule has 1 heterocycles. The Morgan fingerprint density at radius 3 is 2.72 bits per heavy atom. The summed E-state index contributed by atoms with van der Waals surface area (Å²) in [6, 6.07) is 13.9. The zero-order valence-corrected chi connectivity index (χ0v) is 15.4. The van der Waals surface area contributed by atoms with E-state index >= 15 is 0 Å². The van der Waals surface area contributed by atoms with E-state index in [1.165, 1.54) is 16.9 Å². The van der Waals surface area contributed by atoms with E-state index in [1.807, 2.05) is 44.2 Å². The average molecular weight is 351 g/mol. The highest BCUT2D eigenvalue weighted by Crippen LogP contribution is 2.30. The average Bonchev–Trinajstić information content (AvgIpc) is 2.94. The van der Waals surface area contributed by atoms with Gasteiger partial charge in [-0.05, 0) is 43.5 Å². The molecular formula is C20H21N3OS. The van der Waals surface area contributed by atoms with Crippen molar-refractivity contribution in [1.29, 1.82) is 0 Å². The lowest BCUT2D eigenvalue weighted by atomic mass is 10.0. The van der Waals surface area contributed by atoms with Crippen molar-refractivity contribution < 1.29 is 4.79 Å². The van der Waals surface area contributed by atoms with Crippen molar-refractivity contribution >= 4 is 33.8 Å². The molecule has 0 radical (unpaired) electrons. The van der Waals surface area contributed by atoms with Crippen molar-refractivity contribution in [3.63, 3.8) is 0 Å². The fourth-order valence-electron chi connectivity index (χ4n) is 2.73. The fraction of sp³-hybridized carbons (Fsp3) is 0.200. The Balaban J connectivity index is 1.88. The topological polar surface area (TPSA) is 68.0 Å². The molecule has 5 heteroatoms. The Hall–Kier alpha value is -2.66. The van der Waals surface area contributed by atoms with E-state index in [2.05, 4.69) is 29.4 Å². The van der Waals surface area contributed by atoms with Crippen molar-refractivity contribution in [1.82, 2.24) is 4.98 Å². The number of anilines is 3. The monoisotopic (exact) mass is 351 g/mol. The third-order valence-electron chi connectivity index (χ3n) is 4.07. The Morgan fingerprint density at radius 1 is 1.20 bits per heavy atom. The minimum atomic E-state index is -0.0807. The van der Waals surface area contributed by atoms with E-state index in [0.717, 1.165) is 23.2 Å². The molecule has 3 N–H and O–H groups in total. The summed E-state index contributed by atoms with van der Waals surface area (Å²) in [5, 5.41) is 3.87. The first-order valence-electron chi connectivity index (χ1n) is 8.22. The van der Waals surface area contributed by atoms with Gasteiger partial charge in [-0.25, -0.2) is 4.98 Å². The molecule has 0 amide bonds. The largest absolute Gasteiger partial charge is 0.382 e.